The van der Waals surface area contributed by atoms with Crippen molar-refractivity contribution in [2.75, 3.05) is 6.54 Å². The molecule has 2 aliphatic heterocycles. The Morgan fingerprint density at radius 3 is 2.67 bits per heavy atom. The molecule has 1 aromatic carbocycles. The molecule has 1 saturated heterocycles. The fourth-order valence-corrected chi connectivity index (χ4v) is 4.62. The monoisotopic (exact) mass is 460 g/mol. The molecule has 3 heterocycles. The highest BCUT2D eigenvalue weighted by Crippen LogP contribution is 2.31. The lowest BCUT2D eigenvalue weighted by Crippen LogP contribution is -2.65. The number of aromatic nitrogens is 1. The van der Waals surface area contributed by atoms with Crippen LogP contribution in [-0.4, -0.2) is 56.1 Å². The van der Waals surface area contributed by atoms with E-state index in [4.69, 9.17) is 0 Å². The fraction of sp³-hybridized carbons (Fsp3) is 0.435. The van der Waals surface area contributed by atoms with Gasteiger partial charge in [-0.3, -0.25) is 19.3 Å². The number of benzene rings is 1. The van der Waals surface area contributed by atoms with Crippen molar-refractivity contribution < 1.29 is 23.5 Å². The van der Waals surface area contributed by atoms with Crippen LogP contribution in [0.3, 0.4) is 0 Å². The number of carbonyl (C=O) groups excluding carboxylic acids is 2. The van der Waals surface area contributed by atoms with Crippen LogP contribution in [0.5, 0.6) is 5.75 Å². The summed E-state index contributed by atoms with van der Waals surface area (Å²) in [5.74, 6) is -3.65. The first-order valence-corrected chi connectivity index (χ1v) is 10.9. The molecular formula is C23H26F2N4O4. The Morgan fingerprint density at radius 2 is 2.00 bits per heavy atom. The molecule has 2 aromatic rings. The van der Waals surface area contributed by atoms with Crippen LogP contribution in [0.15, 0.2) is 29.2 Å². The van der Waals surface area contributed by atoms with E-state index in [9.17, 15) is 28.3 Å². The molecule has 0 spiro atoms. The Morgan fingerprint density at radius 1 is 1.27 bits per heavy atom. The topological polar surface area (TPSA) is 94.9 Å². The van der Waals surface area contributed by atoms with Crippen LogP contribution < -0.4 is 10.7 Å². The van der Waals surface area contributed by atoms with E-state index in [0.717, 1.165) is 19.0 Å². The van der Waals surface area contributed by atoms with E-state index >= 15 is 0 Å². The summed E-state index contributed by atoms with van der Waals surface area (Å²) in [6, 6.07) is 3.06. The third-order valence-corrected chi connectivity index (χ3v) is 6.40. The predicted octanol–water partition coefficient (Wildman–Crippen LogP) is 2.05. The second-order valence-electron chi connectivity index (χ2n) is 8.80. The quantitative estimate of drug-likeness (QED) is 0.728. The van der Waals surface area contributed by atoms with Crippen molar-refractivity contribution in [2.24, 2.45) is 0 Å². The molecule has 8 nitrogen and oxygen atoms in total. The average molecular weight is 460 g/mol. The summed E-state index contributed by atoms with van der Waals surface area (Å²) in [5, 5.41) is 13.0. The summed E-state index contributed by atoms with van der Waals surface area (Å²) in [7, 11) is 0. The minimum absolute atomic E-state index is 0.0432. The number of aromatic hydroxyl groups is 1. The van der Waals surface area contributed by atoms with E-state index in [-0.39, 0.29) is 48.2 Å². The number of nitrogens with one attached hydrogen (secondary N) is 1. The number of hydrogen-bond acceptors (Lipinski definition) is 5. The van der Waals surface area contributed by atoms with Crippen LogP contribution in [0.25, 0.3) is 0 Å². The number of halogens is 2. The number of rotatable bonds is 4. The molecule has 2 amide bonds. The van der Waals surface area contributed by atoms with Crippen molar-refractivity contribution in [1.82, 2.24) is 19.7 Å². The molecule has 0 aliphatic carbocycles. The minimum Gasteiger partial charge on any atom is -0.503 e. The molecule has 2 atom stereocenters. The van der Waals surface area contributed by atoms with Gasteiger partial charge in [0.15, 0.2) is 11.4 Å². The van der Waals surface area contributed by atoms with Gasteiger partial charge in [0.25, 0.3) is 11.8 Å². The lowest BCUT2D eigenvalue weighted by molar-refractivity contribution is -0.0454. The van der Waals surface area contributed by atoms with E-state index in [2.05, 4.69) is 10.2 Å². The third-order valence-electron chi connectivity index (χ3n) is 6.40. The molecule has 0 bridgehead atoms. The standard InChI is InChI=1S/C23H26F2N4O4/c1-12(2)28-7-6-13(3)29-18(28)11-27-10-16(20(30)21(31)19(27)23(29)33)22(32)26-9-14-4-5-15(24)8-17(14)25/h4-5,8,10,12-13,18,31H,6-7,9,11H2,1-3H3,(H,26,32)/t13-,18-/m1/s1. The van der Waals surface area contributed by atoms with Crippen LogP contribution in [0.1, 0.15) is 53.6 Å². The van der Waals surface area contributed by atoms with Crippen molar-refractivity contribution >= 4 is 11.8 Å². The average Bonchev–Trinajstić information content (AvgIpc) is 2.75. The van der Waals surface area contributed by atoms with E-state index in [1.807, 2.05) is 20.8 Å². The van der Waals surface area contributed by atoms with Crippen molar-refractivity contribution in [1.29, 1.82) is 0 Å². The fourth-order valence-electron chi connectivity index (χ4n) is 4.62. The Kier molecular flexibility index (Phi) is 5.96. The predicted molar refractivity (Wildman–Crippen MR) is 116 cm³/mol. The third kappa shape index (κ3) is 3.99. The highest BCUT2D eigenvalue weighted by atomic mass is 19.1. The summed E-state index contributed by atoms with van der Waals surface area (Å²) in [6.07, 6.45) is 1.76. The largest absolute Gasteiger partial charge is 0.503 e. The maximum atomic E-state index is 13.9. The number of hydrogen-bond donors (Lipinski definition) is 2. The highest BCUT2D eigenvalue weighted by molar-refractivity contribution is 5.99. The number of nitrogens with zero attached hydrogens (tertiary/aromatic N) is 3. The van der Waals surface area contributed by atoms with Crippen molar-refractivity contribution in [3.8, 4) is 5.75 Å². The van der Waals surface area contributed by atoms with E-state index < -0.39 is 34.6 Å². The maximum absolute atomic E-state index is 13.9. The van der Waals surface area contributed by atoms with Crippen LogP contribution in [-0.2, 0) is 13.1 Å². The van der Waals surface area contributed by atoms with Crippen LogP contribution in [0.2, 0.25) is 0 Å². The van der Waals surface area contributed by atoms with Gasteiger partial charge in [0.05, 0.1) is 6.54 Å². The first-order chi connectivity index (χ1) is 15.6. The smallest absolute Gasteiger partial charge is 0.276 e. The lowest BCUT2D eigenvalue weighted by atomic mass is 10.0. The van der Waals surface area contributed by atoms with Gasteiger partial charge in [0.2, 0.25) is 5.43 Å². The second-order valence-corrected chi connectivity index (χ2v) is 8.80. The van der Waals surface area contributed by atoms with Gasteiger partial charge in [-0.2, -0.15) is 0 Å². The van der Waals surface area contributed by atoms with Crippen LogP contribution in [0.4, 0.5) is 8.78 Å². The summed E-state index contributed by atoms with van der Waals surface area (Å²) in [6.45, 7) is 6.80. The molecule has 4 rings (SSSR count). The molecule has 1 aromatic heterocycles. The molecule has 10 heteroatoms. The summed E-state index contributed by atoms with van der Waals surface area (Å²) >= 11 is 0. The maximum Gasteiger partial charge on any atom is 0.276 e. The zero-order valence-electron chi connectivity index (χ0n) is 18.6. The number of fused-ring (bicyclic) bond motifs is 2. The first-order valence-electron chi connectivity index (χ1n) is 10.9. The summed E-state index contributed by atoms with van der Waals surface area (Å²) < 4.78 is 28.4. The Bertz CT molecular complexity index is 1180. The molecule has 2 N–H and O–H groups in total. The van der Waals surface area contributed by atoms with Gasteiger partial charge in [0.1, 0.15) is 23.4 Å². The number of amides is 2. The highest BCUT2D eigenvalue weighted by Gasteiger charge is 2.44. The first kappa shape index (κ1) is 22.9. The van der Waals surface area contributed by atoms with E-state index in [0.29, 0.717) is 6.07 Å². The number of carbonyl (C=O) groups is 2. The van der Waals surface area contributed by atoms with Crippen molar-refractivity contribution in [2.45, 2.75) is 58.5 Å². The molecule has 1 fully saturated rings. The lowest BCUT2D eigenvalue weighted by Gasteiger charge is -2.51. The Hall–Kier alpha value is -3.27. The molecule has 0 saturated carbocycles. The van der Waals surface area contributed by atoms with Crippen LogP contribution >= 0.6 is 0 Å². The molecule has 0 radical (unpaired) electrons. The van der Waals surface area contributed by atoms with Gasteiger partial charge < -0.3 is 19.9 Å². The van der Waals surface area contributed by atoms with Gasteiger partial charge in [-0.05, 0) is 33.3 Å². The zero-order chi connectivity index (χ0) is 24.0. The van der Waals surface area contributed by atoms with Gasteiger partial charge in [0, 0.05) is 43.0 Å². The molecule has 176 valence electrons. The molecule has 33 heavy (non-hydrogen) atoms. The van der Waals surface area contributed by atoms with Crippen LogP contribution in [0, 0.1) is 11.6 Å². The Labute approximate surface area is 189 Å². The van der Waals surface area contributed by atoms with E-state index in [1.165, 1.54) is 16.8 Å². The second kappa shape index (κ2) is 8.58. The van der Waals surface area contributed by atoms with Crippen molar-refractivity contribution in [3.05, 3.63) is 63.1 Å². The molecular weight excluding hydrogens is 434 g/mol. The normalized spacial score (nSPS) is 20.5. The zero-order valence-corrected chi connectivity index (χ0v) is 18.6. The summed E-state index contributed by atoms with van der Waals surface area (Å²) in [5.41, 5.74) is -1.44. The van der Waals surface area contributed by atoms with Gasteiger partial charge in [-0.1, -0.05) is 6.07 Å². The minimum atomic E-state index is -0.976. The Balaban J connectivity index is 1.66. The van der Waals surface area contributed by atoms with Crippen molar-refractivity contribution in [3.63, 3.8) is 0 Å². The summed E-state index contributed by atoms with van der Waals surface area (Å²) in [4.78, 5) is 42.6. The molecule has 2 aliphatic rings. The van der Waals surface area contributed by atoms with Gasteiger partial charge in [-0.15, -0.1) is 0 Å². The number of pyridine rings is 1. The van der Waals surface area contributed by atoms with Gasteiger partial charge in [-0.25, -0.2) is 8.78 Å². The SMILES string of the molecule is CC(C)N1CC[C@@H](C)N2C(=O)c3c(O)c(=O)c(C(=O)NCc4ccc(F)cc4F)cn3C[C@H]12. The van der Waals surface area contributed by atoms with Gasteiger partial charge >= 0.3 is 0 Å². The van der Waals surface area contributed by atoms with E-state index in [1.54, 1.807) is 4.90 Å². The molecule has 0 unspecified atom stereocenters.